The lowest BCUT2D eigenvalue weighted by Gasteiger charge is -2.43. The number of aromatic hydroxyl groups is 1. The number of fused-ring (bicyclic) bond motifs is 2. The van der Waals surface area contributed by atoms with Gasteiger partial charge in [0.05, 0.1) is 22.9 Å². The molecule has 1 unspecified atom stereocenters. The number of aliphatic hydroxyl groups is 1. The number of nitrogens with one attached hydrogen (secondary N) is 2. The van der Waals surface area contributed by atoms with Crippen LogP contribution in [0.25, 0.3) is 32.9 Å². The molecule has 0 bridgehead atoms. The van der Waals surface area contributed by atoms with Gasteiger partial charge in [-0.05, 0) is 137 Å². The van der Waals surface area contributed by atoms with E-state index in [1.807, 2.05) is 17.9 Å². The topological polar surface area (TPSA) is 189 Å². The minimum atomic E-state index is -0.966. The number of nitrogens with zero attached hydrogens (tertiary/aromatic N) is 8. The first-order valence-electron chi connectivity index (χ1n) is 25.1. The number of β-amino-alcohol motifs (C(OH)–C–C–N with tert-alkyl or cyclic N) is 1. The quantitative estimate of drug-likeness (QED) is 0.115. The van der Waals surface area contributed by atoms with Gasteiger partial charge in [-0.25, -0.2) is 13.8 Å². The number of likely N-dealkylation sites (tertiary alicyclic amines) is 2. The fraction of sp³-hybridized carbons (Fsp3) is 0.519. The molecule has 70 heavy (non-hydrogen) atoms. The molecule has 3 aromatic heterocycles. The normalized spacial score (nSPS) is 22.7. The molecular formula is C52H62F2N10O6. The smallest absolute Gasteiger partial charge is 0.319 e. The minimum Gasteiger partial charge on any atom is -0.508 e. The van der Waals surface area contributed by atoms with E-state index >= 15 is 8.78 Å². The molecule has 2 aromatic carbocycles. The van der Waals surface area contributed by atoms with Gasteiger partial charge in [-0.2, -0.15) is 9.97 Å². The van der Waals surface area contributed by atoms with Crippen molar-refractivity contribution in [3.8, 4) is 23.0 Å². The van der Waals surface area contributed by atoms with Gasteiger partial charge >= 0.3 is 6.01 Å². The summed E-state index contributed by atoms with van der Waals surface area (Å²) in [5.74, 6) is -1.44. The summed E-state index contributed by atoms with van der Waals surface area (Å²) in [5, 5.41) is 28.2. The van der Waals surface area contributed by atoms with Crippen molar-refractivity contribution < 1.29 is 38.1 Å². The van der Waals surface area contributed by atoms with Crippen molar-refractivity contribution in [2.75, 3.05) is 68.7 Å². The Hall–Kier alpha value is -6.11. The molecule has 370 valence electrons. The molecule has 16 nitrogen and oxygen atoms in total. The number of pyridine rings is 2. The molecule has 5 saturated heterocycles. The van der Waals surface area contributed by atoms with Gasteiger partial charge in [0.25, 0.3) is 5.91 Å². The highest BCUT2D eigenvalue weighted by molar-refractivity contribution is 6.04. The van der Waals surface area contributed by atoms with Gasteiger partial charge < -0.3 is 39.9 Å². The van der Waals surface area contributed by atoms with Crippen LogP contribution in [0.4, 0.5) is 20.3 Å². The van der Waals surface area contributed by atoms with Crippen LogP contribution in [0.2, 0.25) is 0 Å². The molecule has 5 aliphatic heterocycles. The number of anilines is 2. The molecular weight excluding hydrogens is 899 g/mol. The number of phenolic OH excluding ortho intramolecular Hbond substituents is 1. The second-order valence-corrected chi connectivity index (χ2v) is 20.2. The largest absolute Gasteiger partial charge is 0.508 e. The van der Waals surface area contributed by atoms with Gasteiger partial charge in [0.1, 0.15) is 46.4 Å². The molecule has 3 amide bonds. The number of aryl methyl sites for hydroxylation is 1. The first-order chi connectivity index (χ1) is 33.8. The lowest BCUT2D eigenvalue weighted by Crippen LogP contribution is -2.52. The van der Waals surface area contributed by atoms with E-state index in [1.165, 1.54) is 24.4 Å². The first kappa shape index (κ1) is 47.6. The Morgan fingerprint density at radius 1 is 0.914 bits per heavy atom. The summed E-state index contributed by atoms with van der Waals surface area (Å²) in [6.45, 7) is 11.3. The molecule has 2 atom stereocenters. The SMILES string of the molecule is CCc1c(F)ccc2cc(O)cc(-c3ncc4c(N5CCC[C@@](C)(O)C5)nc(OC5CCN(C6CCN(CC7CCN(c8ccc(C(=O)NC9CCC(=O)NC9=O)nc8)CC7)CC6)CC5)nc4c3F)c12. The summed E-state index contributed by atoms with van der Waals surface area (Å²) in [5.41, 5.74) is 0.868. The van der Waals surface area contributed by atoms with E-state index in [0.717, 1.165) is 96.4 Å². The Bertz CT molecular complexity index is 2770. The van der Waals surface area contributed by atoms with Gasteiger partial charge in [-0.3, -0.25) is 24.7 Å². The monoisotopic (exact) mass is 960 g/mol. The number of hydrogen-bond acceptors (Lipinski definition) is 14. The molecule has 5 fully saturated rings. The van der Waals surface area contributed by atoms with Crippen molar-refractivity contribution >= 4 is 50.9 Å². The number of phenols is 1. The standard InChI is InChI=1S/C52H62F2N10O6/c1-3-37-40(53)7-5-32-25-35(65)26-38(44(32)37)46-45(54)47-39(28-56-46)48(64-18-4-17-52(2,69)30-64)60-51(59-47)70-36-15-23-62(24-16-36)33-13-19-61(20-14-33)29-31-11-21-63(22-12-31)34-6-8-41(55-27-34)49(67)57-42-9-10-43(66)58-50(42)68/h5-8,25-28,31,33,36,42,65,69H,3-4,9-24,29-30H2,1-2H3,(H,57,67)(H,58,66,68)/t42?,52-/m1/s1. The zero-order valence-electron chi connectivity index (χ0n) is 39.9. The van der Waals surface area contributed by atoms with Crippen LogP contribution in [-0.2, 0) is 16.0 Å². The van der Waals surface area contributed by atoms with Crippen LogP contribution in [0, 0.1) is 17.6 Å². The third-order valence-electron chi connectivity index (χ3n) is 15.2. The van der Waals surface area contributed by atoms with Crippen molar-refractivity contribution in [1.29, 1.82) is 0 Å². The van der Waals surface area contributed by atoms with E-state index in [-0.39, 0.29) is 59.1 Å². The third kappa shape index (κ3) is 10.1. The van der Waals surface area contributed by atoms with Crippen molar-refractivity contribution in [3.05, 3.63) is 71.7 Å². The first-order valence-corrected chi connectivity index (χ1v) is 25.1. The average molecular weight is 961 g/mol. The van der Waals surface area contributed by atoms with E-state index in [2.05, 4.69) is 35.3 Å². The van der Waals surface area contributed by atoms with E-state index in [1.54, 1.807) is 25.3 Å². The molecule has 0 spiro atoms. The molecule has 4 N–H and O–H groups in total. The predicted octanol–water partition coefficient (Wildman–Crippen LogP) is 5.90. The number of piperidine rings is 5. The highest BCUT2D eigenvalue weighted by atomic mass is 19.1. The van der Waals surface area contributed by atoms with Crippen LogP contribution in [0.5, 0.6) is 11.8 Å². The number of carbonyl (C=O) groups is 3. The maximum atomic E-state index is 17.1. The minimum absolute atomic E-state index is 0.0108. The summed E-state index contributed by atoms with van der Waals surface area (Å²) < 4.78 is 38.8. The van der Waals surface area contributed by atoms with Gasteiger partial charge in [-0.1, -0.05) is 13.0 Å². The van der Waals surface area contributed by atoms with Gasteiger partial charge in [0.15, 0.2) is 5.82 Å². The Morgan fingerprint density at radius 2 is 1.70 bits per heavy atom. The predicted molar refractivity (Wildman–Crippen MR) is 261 cm³/mol. The molecule has 18 heteroatoms. The van der Waals surface area contributed by atoms with Gasteiger partial charge in [0.2, 0.25) is 11.8 Å². The number of imide groups is 1. The number of benzene rings is 2. The van der Waals surface area contributed by atoms with Gasteiger partial charge in [-0.15, -0.1) is 0 Å². The Labute approximate surface area is 405 Å². The summed E-state index contributed by atoms with van der Waals surface area (Å²) in [4.78, 5) is 64.3. The number of ether oxygens (including phenoxy) is 1. The zero-order valence-corrected chi connectivity index (χ0v) is 39.9. The molecule has 5 aliphatic rings. The summed E-state index contributed by atoms with van der Waals surface area (Å²) in [6.07, 6.45) is 11.2. The number of hydrogen-bond donors (Lipinski definition) is 4. The number of amides is 3. The number of carbonyl (C=O) groups excluding carboxylic acids is 3. The van der Waals surface area contributed by atoms with E-state index in [9.17, 15) is 24.6 Å². The lowest BCUT2D eigenvalue weighted by atomic mass is 9.93. The van der Waals surface area contributed by atoms with Crippen molar-refractivity contribution in [2.45, 2.75) is 108 Å². The average Bonchev–Trinajstić information content (AvgIpc) is 3.35. The molecule has 0 radical (unpaired) electrons. The summed E-state index contributed by atoms with van der Waals surface area (Å²) in [6, 6.07) is 9.30. The summed E-state index contributed by atoms with van der Waals surface area (Å²) >= 11 is 0. The number of rotatable bonds is 11. The lowest BCUT2D eigenvalue weighted by molar-refractivity contribution is -0.134. The fourth-order valence-corrected chi connectivity index (χ4v) is 11.4. The molecule has 10 rings (SSSR count). The van der Waals surface area contributed by atoms with Crippen LogP contribution in [-0.4, -0.2) is 140 Å². The van der Waals surface area contributed by atoms with Crippen molar-refractivity contribution in [3.63, 3.8) is 0 Å². The Kier molecular flexibility index (Phi) is 13.6. The van der Waals surface area contributed by atoms with Crippen LogP contribution in [0.1, 0.15) is 94.1 Å². The Morgan fingerprint density at radius 3 is 2.41 bits per heavy atom. The maximum Gasteiger partial charge on any atom is 0.319 e. The highest BCUT2D eigenvalue weighted by Crippen LogP contribution is 2.40. The number of aromatic nitrogens is 4. The maximum absolute atomic E-state index is 17.1. The summed E-state index contributed by atoms with van der Waals surface area (Å²) in [7, 11) is 0. The van der Waals surface area contributed by atoms with Crippen LogP contribution in [0.15, 0.2) is 48.8 Å². The molecule has 0 saturated carbocycles. The third-order valence-corrected chi connectivity index (χ3v) is 15.2. The van der Waals surface area contributed by atoms with Crippen molar-refractivity contribution in [2.24, 2.45) is 5.92 Å². The number of halogens is 2. The van der Waals surface area contributed by atoms with Crippen LogP contribution >= 0.6 is 0 Å². The van der Waals surface area contributed by atoms with E-state index in [4.69, 9.17) is 14.7 Å². The van der Waals surface area contributed by atoms with Crippen LogP contribution < -0.4 is 25.2 Å². The fourth-order valence-electron chi connectivity index (χ4n) is 11.4. The second-order valence-electron chi connectivity index (χ2n) is 20.2. The zero-order chi connectivity index (χ0) is 48.7. The van der Waals surface area contributed by atoms with Crippen LogP contribution in [0.3, 0.4) is 0 Å². The molecule has 5 aromatic rings. The second kappa shape index (κ2) is 19.9. The molecule has 8 heterocycles. The van der Waals surface area contributed by atoms with Gasteiger partial charge in [0, 0.05) is 70.0 Å². The van der Waals surface area contributed by atoms with E-state index in [0.29, 0.717) is 65.4 Å². The molecule has 0 aliphatic carbocycles. The van der Waals surface area contributed by atoms with E-state index < -0.39 is 35.1 Å². The Balaban J connectivity index is 0.743. The van der Waals surface area contributed by atoms with Crippen molar-refractivity contribution in [1.82, 2.24) is 40.4 Å². The highest BCUT2D eigenvalue weighted by Gasteiger charge is 2.35.